The van der Waals surface area contributed by atoms with E-state index in [1.165, 1.54) is 28.6 Å². The molecule has 6 rings (SSSR count). The van der Waals surface area contributed by atoms with Gasteiger partial charge < -0.3 is 45.5 Å². The number of halogens is 3. The Labute approximate surface area is 428 Å². The van der Waals surface area contributed by atoms with Crippen molar-refractivity contribution in [1.82, 2.24) is 31.2 Å². The molecule has 0 radical (unpaired) electrons. The molecular weight excluding hydrogens is 966 g/mol. The zero-order chi connectivity index (χ0) is 52.7. The third-order valence-electron chi connectivity index (χ3n) is 12.9. The average Bonchev–Trinajstić information content (AvgIpc) is 3.98. The van der Waals surface area contributed by atoms with Crippen molar-refractivity contribution >= 4 is 46.9 Å². The van der Waals surface area contributed by atoms with E-state index < -0.39 is 59.3 Å². The fraction of sp³-hybridized carbons (Fsp3) is 0.481. The van der Waals surface area contributed by atoms with Gasteiger partial charge in [0.25, 0.3) is 5.91 Å². The van der Waals surface area contributed by atoms with Crippen LogP contribution < -0.4 is 26.0 Å². The molecule has 2 fully saturated rings. The van der Waals surface area contributed by atoms with Crippen molar-refractivity contribution in [2.45, 2.75) is 104 Å². The predicted molar refractivity (Wildman–Crippen MR) is 271 cm³/mol. The standard InChI is InChI=1S/C54H67F3N6O9S/c1-34-19-24-73-48(34)39-14-10-36(11-15-39)29-61-51(68)44-28-42(64)32-63(44)52(69)49(53(2,3)4)62-47(66)33-72-23-22-71-21-20-58-46(65)26-37-7-6-8-38(25-37)30-60-50(67)43-27-40(45(70-5)31-59-43)16-9-35-12-17-41(18-13-35)54(55,56)57/h6-11,14-16,19,24-25,27,31,35,41-42,44,49,64H,12-13,17-18,20-23,26,28-30,32-33H2,1-5H3,(H,58,65)(H,60,67)(H,61,68)(H,62,66)/b16-9+/t35?,41?,42-,44+,49-/m1/s1. The van der Waals surface area contributed by atoms with Crippen molar-refractivity contribution in [3.63, 3.8) is 0 Å². The van der Waals surface area contributed by atoms with Crippen molar-refractivity contribution in [2.75, 3.05) is 46.6 Å². The van der Waals surface area contributed by atoms with Crippen LogP contribution in [0.1, 0.15) is 91.2 Å². The first-order chi connectivity index (χ1) is 34.8. The van der Waals surface area contributed by atoms with Gasteiger partial charge in [0.05, 0.1) is 51.6 Å². The Hall–Kier alpha value is -6.15. The van der Waals surface area contributed by atoms with E-state index in [1.807, 2.05) is 47.9 Å². The Morgan fingerprint density at radius 3 is 2.27 bits per heavy atom. The van der Waals surface area contributed by atoms with E-state index in [-0.39, 0.29) is 95.8 Å². The molecule has 2 aliphatic rings. The minimum absolute atomic E-state index is 0.00768. The molecule has 15 nitrogen and oxygen atoms in total. The van der Waals surface area contributed by atoms with E-state index >= 15 is 0 Å². The number of aliphatic hydroxyl groups is 1. The first-order valence-electron chi connectivity index (χ1n) is 24.5. The molecule has 5 N–H and O–H groups in total. The van der Waals surface area contributed by atoms with Gasteiger partial charge in [-0.3, -0.25) is 24.0 Å². The van der Waals surface area contributed by atoms with Gasteiger partial charge >= 0.3 is 6.18 Å². The van der Waals surface area contributed by atoms with Gasteiger partial charge in [0.15, 0.2) is 0 Å². The normalized spacial score (nSPS) is 18.6. The molecule has 3 heterocycles. The van der Waals surface area contributed by atoms with Crippen LogP contribution in [0.2, 0.25) is 0 Å². The van der Waals surface area contributed by atoms with Crippen LogP contribution in [0.25, 0.3) is 16.5 Å². The second-order valence-electron chi connectivity index (χ2n) is 19.6. The SMILES string of the molecule is COc1cnc(C(=O)NCc2cccc(CC(=O)NCCOCCOCC(=O)N[C@H](C(=O)N3C[C@H](O)C[C@H]3C(=O)NCc3ccc(-c4sccc4C)cc3)C(C)(C)C)c2)cc1/C=C/C1CCC(C(F)(F)F)CC1. The van der Waals surface area contributed by atoms with E-state index in [9.17, 15) is 42.3 Å². The van der Waals surface area contributed by atoms with Crippen molar-refractivity contribution in [1.29, 1.82) is 0 Å². The van der Waals surface area contributed by atoms with E-state index in [2.05, 4.69) is 39.2 Å². The highest BCUT2D eigenvalue weighted by molar-refractivity contribution is 7.13. The summed E-state index contributed by atoms with van der Waals surface area (Å²) >= 11 is 1.67. The average molecular weight is 1030 g/mol. The number of nitrogens with zero attached hydrogens (tertiary/aromatic N) is 2. The quantitative estimate of drug-likeness (QED) is 0.0515. The molecule has 3 atom stereocenters. The zero-order valence-corrected chi connectivity index (χ0v) is 42.8. The molecule has 2 aromatic carbocycles. The Bertz CT molecular complexity index is 2540. The van der Waals surface area contributed by atoms with Gasteiger partial charge in [0.2, 0.25) is 23.6 Å². The number of pyridine rings is 1. The van der Waals surface area contributed by atoms with Gasteiger partial charge in [-0.1, -0.05) is 81.5 Å². The first kappa shape index (κ1) is 56.2. The Morgan fingerprint density at radius 2 is 1.59 bits per heavy atom. The maximum atomic E-state index is 14.0. The molecule has 1 aliphatic heterocycles. The second kappa shape index (κ2) is 26.2. The number of alkyl halides is 3. The maximum absolute atomic E-state index is 14.0. The Balaban J connectivity index is 0.860. The summed E-state index contributed by atoms with van der Waals surface area (Å²) in [5.41, 5.74) is 4.67. The van der Waals surface area contributed by atoms with Gasteiger partial charge in [0, 0.05) is 43.0 Å². The number of allylic oxidation sites excluding steroid dienone is 1. The van der Waals surface area contributed by atoms with Gasteiger partial charge in [0.1, 0.15) is 30.1 Å². The topological polar surface area (TPSA) is 198 Å². The molecule has 1 saturated carbocycles. The fourth-order valence-corrected chi connectivity index (χ4v) is 9.79. The summed E-state index contributed by atoms with van der Waals surface area (Å²) in [5, 5.41) is 23.9. The third kappa shape index (κ3) is 16.7. The van der Waals surface area contributed by atoms with Crippen LogP contribution in [0.3, 0.4) is 0 Å². The molecule has 4 aromatic rings. The predicted octanol–water partition coefficient (Wildman–Crippen LogP) is 6.94. The summed E-state index contributed by atoms with van der Waals surface area (Å²) in [6, 6.07) is 16.9. The van der Waals surface area contributed by atoms with Gasteiger partial charge in [-0.15, -0.1) is 11.3 Å². The number of thiophene rings is 1. The molecule has 0 bridgehead atoms. The number of methoxy groups -OCH3 is 1. The summed E-state index contributed by atoms with van der Waals surface area (Å²) in [6.45, 7) is 8.11. The smallest absolute Gasteiger partial charge is 0.391 e. The van der Waals surface area contributed by atoms with Crippen LogP contribution in [0, 0.1) is 24.2 Å². The number of likely N-dealkylation sites (tertiary alicyclic amines) is 1. The molecule has 19 heteroatoms. The number of β-amino-alcohol motifs (C(OH)–C–C–N with tert-alkyl or cyclic N) is 1. The van der Waals surface area contributed by atoms with E-state index in [0.29, 0.717) is 24.2 Å². The first-order valence-corrected chi connectivity index (χ1v) is 25.4. The molecule has 394 valence electrons. The highest BCUT2D eigenvalue weighted by atomic mass is 32.1. The fourth-order valence-electron chi connectivity index (χ4n) is 8.85. The van der Waals surface area contributed by atoms with Gasteiger partial charge in [-0.25, -0.2) is 4.98 Å². The third-order valence-corrected chi connectivity index (χ3v) is 14.0. The summed E-state index contributed by atoms with van der Waals surface area (Å²) in [6.07, 6.45) is 1.20. The maximum Gasteiger partial charge on any atom is 0.391 e. The van der Waals surface area contributed by atoms with E-state index in [0.717, 1.165) is 22.3 Å². The molecule has 5 amide bonds. The van der Waals surface area contributed by atoms with Crippen molar-refractivity contribution in [2.24, 2.45) is 17.3 Å². The molecule has 1 saturated heterocycles. The summed E-state index contributed by atoms with van der Waals surface area (Å²) in [7, 11) is 1.48. The number of nitrogens with one attached hydrogen (secondary N) is 4. The molecule has 73 heavy (non-hydrogen) atoms. The van der Waals surface area contributed by atoms with Crippen LogP contribution in [0.15, 0.2) is 78.3 Å². The summed E-state index contributed by atoms with van der Waals surface area (Å²) in [5.74, 6) is -2.91. The monoisotopic (exact) mass is 1030 g/mol. The number of rotatable bonds is 22. The van der Waals surface area contributed by atoms with Crippen LogP contribution in [0.4, 0.5) is 13.2 Å². The number of aryl methyl sites for hydroxylation is 1. The summed E-state index contributed by atoms with van der Waals surface area (Å²) < 4.78 is 55.8. The zero-order valence-electron chi connectivity index (χ0n) is 42.0. The molecule has 0 spiro atoms. The van der Waals surface area contributed by atoms with Gasteiger partial charge in [-0.05, 0) is 89.3 Å². The van der Waals surface area contributed by atoms with Crippen molar-refractivity contribution in [3.8, 4) is 16.2 Å². The minimum atomic E-state index is -4.17. The Kier molecular flexibility index (Phi) is 20.1. The van der Waals surface area contributed by atoms with Crippen LogP contribution in [0.5, 0.6) is 5.75 Å². The number of amides is 5. The number of aliphatic hydroxyl groups excluding tert-OH is 1. The summed E-state index contributed by atoms with van der Waals surface area (Å²) in [4.78, 5) is 73.0. The van der Waals surface area contributed by atoms with Crippen LogP contribution in [-0.4, -0.2) is 116 Å². The highest BCUT2D eigenvalue weighted by Gasteiger charge is 2.45. The molecule has 2 aromatic heterocycles. The molecule has 1 aliphatic carbocycles. The van der Waals surface area contributed by atoms with E-state index in [1.54, 1.807) is 56.4 Å². The number of hydrogen-bond acceptors (Lipinski definition) is 11. The lowest BCUT2D eigenvalue weighted by Crippen LogP contribution is -2.58. The number of hydrogen-bond donors (Lipinski definition) is 5. The molecular formula is C54H67F3N6O9S. The number of benzene rings is 2. The Morgan fingerprint density at radius 1 is 0.877 bits per heavy atom. The largest absolute Gasteiger partial charge is 0.495 e. The lowest BCUT2D eigenvalue weighted by Gasteiger charge is -2.35. The lowest BCUT2D eigenvalue weighted by atomic mass is 9.81. The van der Waals surface area contributed by atoms with E-state index in [4.69, 9.17) is 14.2 Å². The molecule has 0 unspecified atom stereocenters. The minimum Gasteiger partial charge on any atom is -0.495 e. The number of aromatic nitrogens is 1. The lowest BCUT2D eigenvalue weighted by molar-refractivity contribution is -0.183. The number of carbonyl (C=O) groups is 5. The van der Waals surface area contributed by atoms with Crippen molar-refractivity contribution < 1.29 is 56.5 Å². The number of carbonyl (C=O) groups excluding carboxylic acids is 5. The van der Waals surface area contributed by atoms with Crippen molar-refractivity contribution in [3.05, 3.63) is 112 Å². The van der Waals surface area contributed by atoms with Crippen LogP contribution >= 0.6 is 11.3 Å². The number of ether oxygens (including phenoxy) is 3. The van der Waals surface area contributed by atoms with Gasteiger partial charge in [-0.2, -0.15) is 13.2 Å². The highest BCUT2D eigenvalue weighted by Crippen LogP contribution is 2.40. The second-order valence-corrected chi connectivity index (χ2v) is 20.5. The van der Waals surface area contributed by atoms with Crippen LogP contribution in [-0.2, 0) is 48.2 Å².